The highest BCUT2D eigenvalue weighted by Crippen LogP contribution is 2.36. The highest BCUT2D eigenvalue weighted by molar-refractivity contribution is 7.87. The van der Waals surface area contributed by atoms with E-state index in [1.165, 1.54) is 42.3 Å². The molecule has 3 aromatic carbocycles. The van der Waals surface area contributed by atoms with Gasteiger partial charge in [-0.1, -0.05) is 24.3 Å². The number of ether oxygens (including phenoxy) is 1. The second-order valence-electron chi connectivity index (χ2n) is 8.74. The van der Waals surface area contributed by atoms with Crippen molar-refractivity contribution >= 4 is 21.8 Å². The molecule has 0 radical (unpaired) electrons. The van der Waals surface area contributed by atoms with Crippen LogP contribution in [0.5, 0.6) is 11.5 Å². The highest BCUT2D eigenvalue weighted by atomic mass is 32.2. The van der Waals surface area contributed by atoms with Crippen LogP contribution in [0.15, 0.2) is 71.6 Å². The molecule has 0 aromatic heterocycles. The Morgan fingerprint density at radius 2 is 1.57 bits per heavy atom. The number of para-hydroxylation sites is 1. The fourth-order valence-electron chi connectivity index (χ4n) is 3.59. The first-order valence-electron chi connectivity index (χ1n) is 11.6. The Kier molecular flexibility index (Phi) is 8.92. The van der Waals surface area contributed by atoms with Crippen molar-refractivity contribution in [3.8, 4) is 11.5 Å². The zero-order valence-corrected chi connectivity index (χ0v) is 22.1. The van der Waals surface area contributed by atoms with E-state index in [0.29, 0.717) is 17.7 Å². The van der Waals surface area contributed by atoms with E-state index in [-0.39, 0.29) is 18.0 Å². The summed E-state index contributed by atoms with van der Waals surface area (Å²) in [4.78, 5) is 13.4. The predicted octanol–water partition coefficient (Wildman–Crippen LogP) is 6.94. The molecule has 216 valence electrons. The van der Waals surface area contributed by atoms with E-state index in [1.807, 2.05) is 0 Å². The van der Waals surface area contributed by atoms with E-state index in [9.17, 15) is 39.6 Å². The Morgan fingerprint density at radius 1 is 0.900 bits per heavy atom. The molecule has 0 saturated carbocycles. The van der Waals surface area contributed by atoms with Gasteiger partial charge in [0.2, 0.25) is 0 Å². The number of benzene rings is 3. The van der Waals surface area contributed by atoms with Gasteiger partial charge in [0.05, 0.1) is 23.9 Å². The fourth-order valence-corrected chi connectivity index (χ4v) is 4.57. The maximum Gasteiger partial charge on any atom is 0.418 e. The quantitative estimate of drug-likeness (QED) is 0.227. The topological polar surface area (TPSA) is 84.9 Å². The molecule has 40 heavy (non-hydrogen) atoms. The summed E-state index contributed by atoms with van der Waals surface area (Å²) in [6, 6.07) is 10.1. The molecule has 0 fully saturated rings. The third-order valence-electron chi connectivity index (χ3n) is 5.59. The molecular weight excluding hydrogens is 566 g/mol. The van der Waals surface area contributed by atoms with Crippen molar-refractivity contribution in [3.05, 3.63) is 83.4 Å². The number of hydrogen-bond acceptors (Lipinski definition) is 5. The molecule has 0 aliphatic rings. The molecule has 3 aromatic rings. The van der Waals surface area contributed by atoms with Crippen LogP contribution in [-0.2, 0) is 29.0 Å². The smallest absolute Gasteiger partial charge is 0.418 e. The van der Waals surface area contributed by atoms with Crippen molar-refractivity contribution in [2.24, 2.45) is 0 Å². The van der Waals surface area contributed by atoms with Crippen LogP contribution in [0.3, 0.4) is 0 Å². The number of halogens is 6. The number of nitrogens with zero attached hydrogens (tertiary/aromatic N) is 1. The van der Waals surface area contributed by atoms with Gasteiger partial charge in [-0.2, -0.15) is 34.8 Å². The molecule has 2 amide bonds. The minimum atomic E-state index is -4.79. The summed E-state index contributed by atoms with van der Waals surface area (Å²) in [5.74, 6) is -0.442. The van der Waals surface area contributed by atoms with Gasteiger partial charge in [-0.15, -0.1) is 0 Å². The Morgan fingerprint density at radius 3 is 2.17 bits per heavy atom. The number of urea groups is 1. The molecule has 0 aliphatic carbocycles. The van der Waals surface area contributed by atoms with Crippen LogP contribution >= 0.6 is 0 Å². The molecule has 1 N–H and O–H groups in total. The van der Waals surface area contributed by atoms with Crippen molar-refractivity contribution in [3.63, 3.8) is 0 Å². The van der Waals surface area contributed by atoms with Crippen molar-refractivity contribution in [2.45, 2.75) is 43.7 Å². The molecule has 0 atom stereocenters. The number of carbonyl (C=O) groups excluding carboxylic acids is 1. The first kappa shape index (κ1) is 30.6. The molecule has 0 spiro atoms. The second kappa shape index (κ2) is 11.7. The van der Waals surface area contributed by atoms with Crippen LogP contribution in [0.2, 0.25) is 0 Å². The normalized spacial score (nSPS) is 12.2. The van der Waals surface area contributed by atoms with Crippen molar-refractivity contribution in [1.29, 1.82) is 0 Å². The number of anilines is 1. The van der Waals surface area contributed by atoms with Gasteiger partial charge in [-0.25, -0.2) is 4.79 Å². The molecule has 0 unspecified atom stereocenters. The maximum absolute atomic E-state index is 13.4. The second-order valence-corrected chi connectivity index (χ2v) is 10.3. The van der Waals surface area contributed by atoms with E-state index in [4.69, 9.17) is 8.92 Å². The highest BCUT2D eigenvalue weighted by Gasteiger charge is 2.34. The van der Waals surface area contributed by atoms with Crippen molar-refractivity contribution in [2.75, 3.05) is 12.4 Å². The summed E-state index contributed by atoms with van der Waals surface area (Å²) >= 11 is 0. The van der Waals surface area contributed by atoms with Gasteiger partial charge in [0.25, 0.3) is 0 Å². The van der Waals surface area contributed by atoms with Gasteiger partial charge in [0.1, 0.15) is 4.90 Å². The van der Waals surface area contributed by atoms with Crippen LogP contribution in [0.25, 0.3) is 0 Å². The number of nitrogens with one attached hydrogen (secondary N) is 1. The maximum atomic E-state index is 13.4. The van der Waals surface area contributed by atoms with Crippen LogP contribution in [-0.4, -0.2) is 32.5 Å². The summed E-state index contributed by atoms with van der Waals surface area (Å²) in [7, 11) is -3.53. The molecule has 0 bridgehead atoms. The number of carbonyl (C=O) groups is 1. The zero-order valence-electron chi connectivity index (χ0n) is 21.3. The number of amides is 2. The van der Waals surface area contributed by atoms with Crippen LogP contribution in [0.1, 0.15) is 30.5 Å². The molecule has 0 aliphatic heterocycles. The molecule has 7 nitrogen and oxygen atoms in total. The summed E-state index contributed by atoms with van der Waals surface area (Å²) in [6.45, 7) is 3.05. The lowest BCUT2D eigenvalue weighted by Crippen LogP contribution is -2.39. The first-order chi connectivity index (χ1) is 18.5. The minimum absolute atomic E-state index is 0.0704. The zero-order chi connectivity index (χ0) is 29.9. The van der Waals surface area contributed by atoms with E-state index < -0.39 is 56.3 Å². The fraction of sp³-hybridized carbons (Fsp3) is 0.269. The van der Waals surface area contributed by atoms with Gasteiger partial charge in [0.15, 0.2) is 11.5 Å². The standard InChI is InChI=1S/C26H24F6N2O5S/c1-16(2)34(24(35)33-21-10-5-4-9-20(21)26(30,31)32)15-17-11-12-22(38-3)23(13-17)39-40(36,37)19-8-6-7-18(14-19)25(27,28)29/h4-14,16H,15H2,1-3H3,(H,33,35). The van der Waals surface area contributed by atoms with Crippen LogP contribution < -0.4 is 14.2 Å². The van der Waals surface area contributed by atoms with Gasteiger partial charge < -0.3 is 19.1 Å². The van der Waals surface area contributed by atoms with Gasteiger partial charge in [0, 0.05) is 12.6 Å². The molecule has 3 rings (SSSR count). The third kappa shape index (κ3) is 7.37. The lowest BCUT2D eigenvalue weighted by atomic mass is 10.1. The lowest BCUT2D eigenvalue weighted by Gasteiger charge is -2.28. The summed E-state index contributed by atoms with van der Waals surface area (Å²) in [5.41, 5.74) is -2.38. The van der Waals surface area contributed by atoms with Crippen LogP contribution in [0.4, 0.5) is 36.8 Å². The summed E-state index contributed by atoms with van der Waals surface area (Å²) < 4.78 is 115. The number of methoxy groups -OCH3 is 1. The van der Waals surface area contributed by atoms with E-state index in [2.05, 4.69) is 5.32 Å². The summed E-state index contributed by atoms with van der Waals surface area (Å²) in [5, 5.41) is 2.26. The Labute approximate surface area is 226 Å². The SMILES string of the molecule is COc1ccc(CN(C(=O)Nc2ccccc2C(F)(F)F)C(C)C)cc1OS(=O)(=O)c1cccc(C(F)(F)F)c1. The Hall–Kier alpha value is -3.94. The Balaban J connectivity index is 1.89. The van der Waals surface area contributed by atoms with Gasteiger partial charge in [-0.3, -0.25) is 0 Å². The van der Waals surface area contributed by atoms with E-state index >= 15 is 0 Å². The van der Waals surface area contributed by atoms with E-state index in [1.54, 1.807) is 13.8 Å². The summed E-state index contributed by atoms with van der Waals surface area (Å²) in [6.07, 6.45) is -9.50. The Bertz CT molecular complexity index is 1470. The van der Waals surface area contributed by atoms with Crippen molar-refractivity contribution in [1.82, 2.24) is 4.90 Å². The molecule has 0 heterocycles. The molecule has 0 saturated heterocycles. The van der Waals surface area contributed by atoms with Crippen molar-refractivity contribution < 1.29 is 48.5 Å². The first-order valence-corrected chi connectivity index (χ1v) is 13.0. The predicted molar refractivity (Wildman–Crippen MR) is 133 cm³/mol. The number of rotatable bonds is 8. The number of alkyl halides is 6. The van der Waals surface area contributed by atoms with Gasteiger partial charge in [-0.05, 0) is 61.9 Å². The van der Waals surface area contributed by atoms with E-state index in [0.717, 1.165) is 24.3 Å². The number of hydrogen-bond donors (Lipinski definition) is 1. The third-order valence-corrected chi connectivity index (χ3v) is 6.82. The minimum Gasteiger partial charge on any atom is -0.493 e. The van der Waals surface area contributed by atoms with Crippen LogP contribution in [0, 0.1) is 0 Å². The molecular formula is C26H24F6N2O5S. The average molecular weight is 591 g/mol. The van der Waals surface area contributed by atoms with Gasteiger partial charge >= 0.3 is 28.5 Å². The molecule has 14 heteroatoms. The average Bonchev–Trinajstić information content (AvgIpc) is 2.86. The monoisotopic (exact) mass is 590 g/mol. The lowest BCUT2D eigenvalue weighted by molar-refractivity contribution is -0.138. The largest absolute Gasteiger partial charge is 0.493 e.